The molecule has 2 aliphatic heterocycles. The number of likely N-dealkylation sites (tertiary alicyclic amines) is 1. The molecule has 11 heteroatoms. The second-order valence-electron chi connectivity index (χ2n) is 11.4. The molecule has 0 bridgehead atoms. The second kappa shape index (κ2) is 13.5. The molecular formula is C33H35Cl2N5O3S. The summed E-state index contributed by atoms with van der Waals surface area (Å²) >= 11 is 13.9. The average molecular weight is 653 g/mol. The van der Waals surface area contributed by atoms with Crippen molar-refractivity contribution in [3.8, 4) is 0 Å². The molecule has 0 unspecified atom stereocenters. The van der Waals surface area contributed by atoms with E-state index in [0.29, 0.717) is 34.3 Å². The predicted molar refractivity (Wildman–Crippen MR) is 175 cm³/mol. The Morgan fingerprint density at radius 3 is 2.55 bits per heavy atom. The number of rotatable bonds is 10. The first-order chi connectivity index (χ1) is 21.3. The lowest BCUT2D eigenvalue weighted by atomic mass is 9.93. The van der Waals surface area contributed by atoms with Gasteiger partial charge in [-0.15, -0.1) is 11.8 Å². The van der Waals surface area contributed by atoms with Crippen LogP contribution in [0.25, 0.3) is 10.9 Å². The standard InChI is InChI=1S/C33H35Cl2N5O3S/c1-22-3-10-26(11-4-22)44-33(32(42)36-13-2-14-39-15-17-43-18-16-39)20-29(41)40(21-23-5-7-24(34)8-6-23)31(33)30-27-12-9-25(35)19-28(27)37-38-30/h3-12,19,31H,2,13-18,20-21H2,1H3,(H,36,42)(H,37,38)/t31-,33-/m1/s1. The van der Waals surface area contributed by atoms with E-state index in [9.17, 15) is 9.59 Å². The topological polar surface area (TPSA) is 90.6 Å². The molecule has 0 saturated carbocycles. The number of aromatic amines is 1. The fourth-order valence-corrected chi connectivity index (χ4v) is 7.73. The Bertz CT molecular complexity index is 1620. The summed E-state index contributed by atoms with van der Waals surface area (Å²) in [5.41, 5.74) is 3.43. The Balaban J connectivity index is 1.39. The second-order valence-corrected chi connectivity index (χ2v) is 13.7. The highest BCUT2D eigenvalue weighted by atomic mass is 35.5. The summed E-state index contributed by atoms with van der Waals surface area (Å²) in [6.07, 6.45) is 0.836. The number of aryl methyl sites for hydroxylation is 1. The Labute approximate surface area is 271 Å². The molecule has 6 rings (SSSR count). The van der Waals surface area contributed by atoms with Gasteiger partial charge >= 0.3 is 0 Å². The van der Waals surface area contributed by atoms with Gasteiger partial charge in [0, 0.05) is 46.5 Å². The highest BCUT2D eigenvalue weighted by Gasteiger charge is 2.59. The fourth-order valence-electron chi connectivity index (χ4n) is 6.03. The van der Waals surface area contributed by atoms with Gasteiger partial charge in [0.05, 0.1) is 36.9 Å². The summed E-state index contributed by atoms with van der Waals surface area (Å²) in [5, 5.41) is 13.0. The van der Waals surface area contributed by atoms with Gasteiger partial charge in [-0.05, 0) is 67.9 Å². The molecule has 2 aliphatic rings. The van der Waals surface area contributed by atoms with Crippen LogP contribution in [0.4, 0.5) is 0 Å². The number of H-pyrrole nitrogens is 1. The van der Waals surface area contributed by atoms with E-state index in [1.165, 1.54) is 11.8 Å². The maximum absolute atomic E-state index is 14.6. The minimum atomic E-state index is -1.17. The Morgan fingerprint density at radius 2 is 1.80 bits per heavy atom. The van der Waals surface area contributed by atoms with E-state index < -0.39 is 10.8 Å². The molecule has 3 heterocycles. The van der Waals surface area contributed by atoms with Gasteiger partial charge in [0.2, 0.25) is 11.8 Å². The van der Waals surface area contributed by atoms with Gasteiger partial charge < -0.3 is 15.0 Å². The number of hydrogen-bond donors (Lipinski definition) is 2. The molecule has 0 aliphatic carbocycles. The third kappa shape index (κ3) is 6.62. The van der Waals surface area contributed by atoms with Gasteiger partial charge in [-0.3, -0.25) is 19.6 Å². The van der Waals surface area contributed by atoms with Crippen molar-refractivity contribution in [2.45, 2.75) is 42.0 Å². The van der Waals surface area contributed by atoms with Crippen molar-refractivity contribution in [2.75, 3.05) is 39.4 Å². The number of benzene rings is 3. The number of nitrogens with zero attached hydrogens (tertiary/aromatic N) is 3. The Morgan fingerprint density at radius 1 is 1.07 bits per heavy atom. The van der Waals surface area contributed by atoms with Gasteiger partial charge in [0.1, 0.15) is 4.75 Å². The molecule has 230 valence electrons. The van der Waals surface area contributed by atoms with E-state index in [1.807, 2.05) is 67.6 Å². The number of thioether (sulfide) groups is 1. The maximum atomic E-state index is 14.6. The first kappa shape index (κ1) is 30.9. The van der Waals surface area contributed by atoms with Crippen molar-refractivity contribution in [3.05, 3.63) is 93.6 Å². The van der Waals surface area contributed by atoms with Crippen molar-refractivity contribution < 1.29 is 14.3 Å². The minimum absolute atomic E-state index is 0.0349. The number of carbonyl (C=O) groups excluding carboxylic acids is 2. The summed E-state index contributed by atoms with van der Waals surface area (Å²) in [7, 11) is 0. The summed E-state index contributed by atoms with van der Waals surface area (Å²) in [5.74, 6) is -0.275. The van der Waals surface area contributed by atoms with Crippen LogP contribution in [-0.2, 0) is 20.9 Å². The number of halogens is 2. The molecule has 1 aromatic heterocycles. The number of aromatic nitrogens is 2. The molecule has 2 fully saturated rings. The fraction of sp³-hybridized carbons (Fsp3) is 0.364. The number of nitrogens with one attached hydrogen (secondary N) is 2. The molecule has 3 aromatic carbocycles. The van der Waals surface area contributed by atoms with Gasteiger partial charge in [-0.25, -0.2) is 0 Å². The largest absolute Gasteiger partial charge is 0.379 e. The molecule has 2 amide bonds. The van der Waals surface area contributed by atoms with E-state index in [-0.39, 0.29) is 18.2 Å². The van der Waals surface area contributed by atoms with Crippen LogP contribution >= 0.6 is 35.0 Å². The normalized spacial score (nSPS) is 20.8. The van der Waals surface area contributed by atoms with E-state index in [4.69, 9.17) is 27.9 Å². The van der Waals surface area contributed by atoms with Crippen molar-refractivity contribution >= 4 is 57.7 Å². The summed E-state index contributed by atoms with van der Waals surface area (Å²) in [6.45, 7) is 6.99. The predicted octanol–water partition coefficient (Wildman–Crippen LogP) is 6.02. The molecule has 0 spiro atoms. The maximum Gasteiger partial charge on any atom is 0.239 e. The molecule has 0 radical (unpaired) electrons. The SMILES string of the molecule is Cc1ccc(S[C@]2(C(=O)NCCCN3CCOCC3)CC(=O)N(Cc3ccc(Cl)cc3)[C@@H]2c2[nH]nc3cc(Cl)ccc23)cc1. The van der Waals surface area contributed by atoms with Gasteiger partial charge in [0.15, 0.2) is 0 Å². The van der Waals surface area contributed by atoms with Crippen LogP contribution in [0.3, 0.4) is 0 Å². The lowest BCUT2D eigenvalue weighted by Gasteiger charge is -2.36. The van der Waals surface area contributed by atoms with Crippen LogP contribution in [0.2, 0.25) is 10.0 Å². The van der Waals surface area contributed by atoms with E-state index >= 15 is 0 Å². The van der Waals surface area contributed by atoms with Gasteiger partial charge in [0.25, 0.3) is 0 Å². The van der Waals surface area contributed by atoms with E-state index in [2.05, 4.69) is 20.4 Å². The molecule has 2 saturated heterocycles. The Kier molecular flexibility index (Phi) is 9.49. The third-order valence-electron chi connectivity index (χ3n) is 8.32. The van der Waals surface area contributed by atoms with E-state index in [1.54, 1.807) is 11.0 Å². The quantitative estimate of drug-likeness (QED) is 0.204. The molecule has 2 atom stereocenters. The zero-order valence-corrected chi connectivity index (χ0v) is 26.9. The minimum Gasteiger partial charge on any atom is -0.379 e. The number of hydrogen-bond acceptors (Lipinski definition) is 6. The molecule has 8 nitrogen and oxygen atoms in total. The van der Waals surface area contributed by atoms with Crippen LogP contribution in [0, 0.1) is 6.92 Å². The summed E-state index contributed by atoms with van der Waals surface area (Å²) in [6, 6.07) is 20.4. The zero-order chi connectivity index (χ0) is 30.7. The average Bonchev–Trinajstić information content (AvgIpc) is 3.55. The van der Waals surface area contributed by atoms with Crippen LogP contribution < -0.4 is 5.32 Å². The highest BCUT2D eigenvalue weighted by molar-refractivity contribution is 8.01. The van der Waals surface area contributed by atoms with Crippen molar-refractivity contribution in [1.29, 1.82) is 0 Å². The number of morpholine rings is 1. The lowest BCUT2D eigenvalue weighted by molar-refractivity contribution is -0.129. The smallest absolute Gasteiger partial charge is 0.239 e. The van der Waals surface area contributed by atoms with Crippen LogP contribution in [-0.4, -0.2) is 76.0 Å². The molecule has 2 N–H and O–H groups in total. The molecule has 4 aromatic rings. The number of carbonyl (C=O) groups is 2. The van der Waals surface area contributed by atoms with Gasteiger partial charge in [-0.2, -0.15) is 5.10 Å². The third-order valence-corrected chi connectivity index (χ3v) is 10.2. The van der Waals surface area contributed by atoms with Crippen LogP contribution in [0.15, 0.2) is 71.6 Å². The zero-order valence-electron chi connectivity index (χ0n) is 24.5. The number of ether oxygens (including phenoxy) is 1. The highest BCUT2D eigenvalue weighted by Crippen LogP contribution is 2.54. The Hall–Kier alpha value is -3.08. The van der Waals surface area contributed by atoms with Crippen LogP contribution in [0.1, 0.15) is 35.7 Å². The molecular weight excluding hydrogens is 617 g/mol. The van der Waals surface area contributed by atoms with Crippen LogP contribution in [0.5, 0.6) is 0 Å². The van der Waals surface area contributed by atoms with Crippen molar-refractivity contribution in [1.82, 2.24) is 25.3 Å². The summed E-state index contributed by atoms with van der Waals surface area (Å²) < 4.78 is 4.30. The molecule has 44 heavy (non-hydrogen) atoms. The van der Waals surface area contributed by atoms with E-state index in [0.717, 1.165) is 60.7 Å². The summed E-state index contributed by atoms with van der Waals surface area (Å²) in [4.78, 5) is 33.7. The number of fused-ring (bicyclic) bond motifs is 1. The van der Waals surface area contributed by atoms with Crippen molar-refractivity contribution in [3.63, 3.8) is 0 Å². The first-order valence-corrected chi connectivity index (χ1v) is 16.4. The van der Waals surface area contributed by atoms with Gasteiger partial charge in [-0.1, -0.05) is 53.0 Å². The van der Waals surface area contributed by atoms with Crippen molar-refractivity contribution in [2.24, 2.45) is 0 Å². The number of amides is 2. The monoisotopic (exact) mass is 651 g/mol. The first-order valence-electron chi connectivity index (χ1n) is 14.8. The lowest BCUT2D eigenvalue weighted by Crippen LogP contribution is -2.49.